The lowest BCUT2D eigenvalue weighted by Gasteiger charge is -2.11. The molecular formula is C17H27ClNO2+. The Bertz CT molecular complexity index is 423. The summed E-state index contributed by atoms with van der Waals surface area (Å²) < 4.78 is 11.3. The molecule has 3 nitrogen and oxygen atoms in total. The Morgan fingerprint density at radius 2 is 2.14 bits per heavy atom. The van der Waals surface area contributed by atoms with Crippen molar-refractivity contribution in [3.63, 3.8) is 0 Å². The minimum absolute atomic E-state index is 0.551. The van der Waals surface area contributed by atoms with Crippen LogP contribution in [0.15, 0.2) is 30.9 Å². The van der Waals surface area contributed by atoms with Crippen LogP contribution in [0.3, 0.4) is 0 Å². The first-order valence-electron chi connectivity index (χ1n) is 7.60. The van der Waals surface area contributed by atoms with Crippen LogP contribution in [0.2, 0.25) is 5.02 Å². The van der Waals surface area contributed by atoms with Crippen molar-refractivity contribution in [2.75, 3.05) is 26.4 Å². The van der Waals surface area contributed by atoms with Crippen molar-refractivity contribution < 1.29 is 14.8 Å². The molecule has 0 aliphatic carbocycles. The molecular weight excluding hydrogens is 286 g/mol. The van der Waals surface area contributed by atoms with E-state index in [-0.39, 0.29) is 0 Å². The first kappa shape index (κ1) is 18.0. The number of quaternary nitrogens is 1. The SMILES string of the molecule is C=CCc1cc(Cl)ccc1OCCOCC[NH2+][C@H](C)CC. The van der Waals surface area contributed by atoms with Crippen LogP contribution in [0.25, 0.3) is 0 Å². The van der Waals surface area contributed by atoms with Crippen molar-refractivity contribution in [1.29, 1.82) is 0 Å². The number of rotatable bonds is 11. The van der Waals surface area contributed by atoms with Crippen LogP contribution >= 0.6 is 11.6 Å². The molecule has 2 N–H and O–H groups in total. The lowest BCUT2D eigenvalue weighted by molar-refractivity contribution is -0.687. The molecule has 0 saturated carbocycles. The van der Waals surface area contributed by atoms with Gasteiger partial charge in [0, 0.05) is 5.02 Å². The molecule has 0 radical (unpaired) electrons. The van der Waals surface area contributed by atoms with Crippen molar-refractivity contribution in [3.8, 4) is 5.75 Å². The highest BCUT2D eigenvalue weighted by atomic mass is 35.5. The molecule has 0 fully saturated rings. The molecule has 0 amide bonds. The van der Waals surface area contributed by atoms with E-state index in [0.717, 1.165) is 35.9 Å². The molecule has 0 saturated heterocycles. The molecule has 1 rings (SSSR count). The van der Waals surface area contributed by atoms with Crippen molar-refractivity contribution in [1.82, 2.24) is 0 Å². The number of halogens is 1. The second-order valence-electron chi connectivity index (χ2n) is 5.12. The zero-order valence-corrected chi connectivity index (χ0v) is 13.9. The molecule has 0 spiro atoms. The van der Waals surface area contributed by atoms with Crippen molar-refractivity contribution in [2.24, 2.45) is 0 Å². The second kappa shape index (κ2) is 10.7. The van der Waals surface area contributed by atoms with Gasteiger partial charge in [-0.3, -0.25) is 0 Å². The predicted octanol–water partition coefficient (Wildman–Crippen LogP) is 2.83. The van der Waals surface area contributed by atoms with Crippen LogP contribution < -0.4 is 10.1 Å². The lowest BCUT2D eigenvalue weighted by atomic mass is 10.1. The van der Waals surface area contributed by atoms with Gasteiger partial charge in [0.05, 0.1) is 25.8 Å². The highest BCUT2D eigenvalue weighted by Crippen LogP contribution is 2.23. The van der Waals surface area contributed by atoms with Gasteiger partial charge in [0.15, 0.2) is 0 Å². The average Bonchev–Trinajstić information content (AvgIpc) is 2.48. The standard InChI is InChI=1S/C17H26ClNO2/c1-4-6-15-13-16(18)7-8-17(15)21-12-11-20-10-9-19-14(3)5-2/h4,7-8,13-14,19H,1,5-6,9-12H2,2-3H3/p+1/t14-/m1/s1. The third-order valence-corrected chi connectivity index (χ3v) is 3.58. The summed E-state index contributed by atoms with van der Waals surface area (Å²) in [7, 11) is 0. The summed E-state index contributed by atoms with van der Waals surface area (Å²) in [5.74, 6) is 0.856. The van der Waals surface area contributed by atoms with Crippen molar-refractivity contribution >= 4 is 11.6 Å². The maximum atomic E-state index is 5.99. The van der Waals surface area contributed by atoms with Gasteiger partial charge in [-0.15, -0.1) is 6.58 Å². The molecule has 4 heteroatoms. The summed E-state index contributed by atoms with van der Waals surface area (Å²) in [6, 6.07) is 6.32. The first-order valence-corrected chi connectivity index (χ1v) is 7.98. The molecule has 0 heterocycles. The van der Waals surface area contributed by atoms with E-state index < -0.39 is 0 Å². The predicted molar refractivity (Wildman–Crippen MR) is 88.2 cm³/mol. The van der Waals surface area contributed by atoms with E-state index in [9.17, 15) is 0 Å². The number of hydrogen-bond donors (Lipinski definition) is 1. The molecule has 1 atom stereocenters. The van der Waals surface area contributed by atoms with E-state index in [0.29, 0.717) is 19.3 Å². The topological polar surface area (TPSA) is 35.1 Å². The number of hydrogen-bond acceptors (Lipinski definition) is 2. The van der Waals surface area contributed by atoms with E-state index in [1.807, 2.05) is 24.3 Å². The third kappa shape index (κ3) is 7.51. The van der Waals surface area contributed by atoms with Crippen molar-refractivity contribution in [3.05, 3.63) is 41.4 Å². The molecule has 0 aliphatic rings. The fraction of sp³-hybridized carbons (Fsp3) is 0.529. The summed E-state index contributed by atoms with van der Waals surface area (Å²) >= 11 is 5.99. The molecule has 0 bridgehead atoms. The van der Waals surface area contributed by atoms with Gasteiger partial charge >= 0.3 is 0 Å². The van der Waals surface area contributed by atoms with E-state index in [1.54, 1.807) is 0 Å². The summed E-state index contributed by atoms with van der Waals surface area (Å²) in [6.45, 7) is 11.1. The largest absolute Gasteiger partial charge is 0.491 e. The van der Waals surface area contributed by atoms with Crippen LogP contribution in [0.5, 0.6) is 5.75 Å². The monoisotopic (exact) mass is 312 g/mol. The van der Waals surface area contributed by atoms with Gasteiger partial charge in [-0.05, 0) is 43.5 Å². The highest BCUT2D eigenvalue weighted by molar-refractivity contribution is 6.30. The van der Waals surface area contributed by atoms with Crippen molar-refractivity contribution in [2.45, 2.75) is 32.7 Å². The van der Waals surface area contributed by atoms with Crippen LogP contribution in [-0.4, -0.2) is 32.4 Å². The minimum Gasteiger partial charge on any atom is -0.491 e. The van der Waals surface area contributed by atoms with Crippen LogP contribution in [-0.2, 0) is 11.2 Å². The molecule has 118 valence electrons. The van der Waals surface area contributed by atoms with Gasteiger partial charge in [-0.25, -0.2) is 0 Å². The molecule has 0 aliphatic heterocycles. The summed E-state index contributed by atoms with van der Waals surface area (Å²) in [5.41, 5.74) is 1.06. The number of benzene rings is 1. The van der Waals surface area contributed by atoms with Crippen LogP contribution in [0.4, 0.5) is 0 Å². The molecule has 1 aromatic rings. The molecule has 21 heavy (non-hydrogen) atoms. The van der Waals surface area contributed by atoms with Gasteiger partial charge in [-0.1, -0.05) is 24.6 Å². The zero-order valence-electron chi connectivity index (χ0n) is 13.1. The Morgan fingerprint density at radius 3 is 2.86 bits per heavy atom. The smallest absolute Gasteiger partial charge is 0.123 e. The highest BCUT2D eigenvalue weighted by Gasteiger charge is 2.04. The Labute approximate surface area is 133 Å². The van der Waals surface area contributed by atoms with Gasteiger partial charge in [-0.2, -0.15) is 0 Å². The van der Waals surface area contributed by atoms with Gasteiger partial charge in [0.2, 0.25) is 0 Å². The van der Waals surface area contributed by atoms with E-state index in [1.165, 1.54) is 6.42 Å². The summed E-state index contributed by atoms with van der Waals surface area (Å²) in [4.78, 5) is 0. The fourth-order valence-corrected chi connectivity index (χ4v) is 2.11. The molecule has 0 aromatic heterocycles. The molecule has 1 aromatic carbocycles. The summed E-state index contributed by atoms with van der Waals surface area (Å²) in [5, 5.41) is 3.03. The average molecular weight is 313 g/mol. The Morgan fingerprint density at radius 1 is 1.33 bits per heavy atom. The van der Waals surface area contributed by atoms with Crippen LogP contribution in [0.1, 0.15) is 25.8 Å². The maximum Gasteiger partial charge on any atom is 0.123 e. The lowest BCUT2D eigenvalue weighted by Crippen LogP contribution is -2.90. The third-order valence-electron chi connectivity index (χ3n) is 3.35. The normalized spacial score (nSPS) is 12.1. The fourth-order valence-electron chi connectivity index (χ4n) is 1.92. The zero-order chi connectivity index (χ0) is 15.5. The molecule has 0 unspecified atom stereocenters. The van der Waals surface area contributed by atoms with E-state index in [2.05, 4.69) is 25.7 Å². The van der Waals surface area contributed by atoms with Gasteiger partial charge < -0.3 is 14.8 Å². The second-order valence-corrected chi connectivity index (χ2v) is 5.55. The quantitative estimate of drug-likeness (QED) is 0.504. The summed E-state index contributed by atoms with van der Waals surface area (Å²) in [6.07, 6.45) is 3.78. The number of ether oxygens (including phenoxy) is 2. The number of allylic oxidation sites excluding steroid dienone is 1. The minimum atomic E-state index is 0.551. The Hall–Kier alpha value is -1.03. The Balaban J connectivity index is 2.22. The Kier molecular flexibility index (Phi) is 9.15. The maximum absolute atomic E-state index is 5.99. The van der Waals surface area contributed by atoms with E-state index >= 15 is 0 Å². The van der Waals surface area contributed by atoms with Gasteiger partial charge in [0.1, 0.15) is 12.4 Å². The van der Waals surface area contributed by atoms with Gasteiger partial charge in [0.25, 0.3) is 0 Å². The number of nitrogens with two attached hydrogens (primary N) is 1. The van der Waals surface area contributed by atoms with Crippen LogP contribution in [0, 0.1) is 0 Å². The first-order chi connectivity index (χ1) is 10.2. The van der Waals surface area contributed by atoms with E-state index in [4.69, 9.17) is 21.1 Å².